The molecule has 1 aromatic carbocycles. The number of rotatable bonds is 2. The first kappa shape index (κ1) is 10.9. The summed E-state index contributed by atoms with van der Waals surface area (Å²) in [6, 6.07) is 3.23. The normalized spacial score (nSPS) is 9.64. The average Bonchev–Trinajstić information content (AvgIpc) is 2.16. The Balaban J connectivity index is 3.31. The quantitative estimate of drug-likeness (QED) is 0.603. The Hall–Kier alpha value is -1.16. The molecule has 0 fully saturated rings. The lowest BCUT2D eigenvalue weighted by Gasteiger charge is -2.06. The molecule has 4 heteroatoms. The van der Waals surface area contributed by atoms with E-state index in [0.717, 1.165) is 6.29 Å². The van der Waals surface area contributed by atoms with E-state index < -0.39 is 5.97 Å². The number of halogens is 1. The Bertz CT molecular complexity index is 362. The highest BCUT2D eigenvalue weighted by atomic mass is 79.9. The third-order valence-corrected chi connectivity index (χ3v) is 2.46. The summed E-state index contributed by atoms with van der Waals surface area (Å²) in [4.78, 5) is 21.8. The van der Waals surface area contributed by atoms with Gasteiger partial charge in [0, 0.05) is 10.0 Å². The number of carbonyl (C=O) groups excluding carboxylic acids is 2. The minimum absolute atomic E-state index is 0.410. The molecule has 0 amide bonds. The van der Waals surface area contributed by atoms with E-state index in [1.54, 1.807) is 19.1 Å². The molecule has 0 heterocycles. The van der Waals surface area contributed by atoms with Crippen LogP contribution in [0.3, 0.4) is 0 Å². The van der Waals surface area contributed by atoms with Crippen molar-refractivity contribution >= 4 is 28.2 Å². The van der Waals surface area contributed by atoms with Crippen LogP contribution >= 0.6 is 15.9 Å². The molecule has 3 nitrogen and oxygen atoms in total. The van der Waals surface area contributed by atoms with E-state index in [-0.39, 0.29) is 0 Å². The average molecular weight is 257 g/mol. The fourth-order valence-corrected chi connectivity index (χ4v) is 1.94. The molecule has 0 aromatic heterocycles. The molecular weight excluding hydrogens is 248 g/mol. The van der Waals surface area contributed by atoms with Gasteiger partial charge in [-0.05, 0) is 40.5 Å². The van der Waals surface area contributed by atoms with Gasteiger partial charge < -0.3 is 4.74 Å². The van der Waals surface area contributed by atoms with Gasteiger partial charge in [0.25, 0.3) is 0 Å². The van der Waals surface area contributed by atoms with Crippen molar-refractivity contribution in [3.8, 4) is 0 Å². The molecule has 0 radical (unpaired) electrons. The molecule has 74 valence electrons. The molecule has 1 aromatic rings. The molecule has 0 saturated carbocycles. The fourth-order valence-electron chi connectivity index (χ4n) is 1.20. The molecule has 0 spiro atoms. The van der Waals surface area contributed by atoms with Gasteiger partial charge in [0.1, 0.15) is 6.29 Å². The SMILES string of the molecule is COC(=O)c1c(C)cc(C=O)cc1Br. The molecule has 0 saturated heterocycles. The van der Waals surface area contributed by atoms with Gasteiger partial charge in [-0.1, -0.05) is 0 Å². The third-order valence-electron chi connectivity index (χ3n) is 1.84. The van der Waals surface area contributed by atoms with E-state index >= 15 is 0 Å². The lowest BCUT2D eigenvalue weighted by atomic mass is 10.1. The Morgan fingerprint density at radius 2 is 2.14 bits per heavy atom. The molecule has 0 aliphatic heterocycles. The van der Waals surface area contributed by atoms with Gasteiger partial charge >= 0.3 is 5.97 Å². The topological polar surface area (TPSA) is 43.4 Å². The first-order valence-electron chi connectivity index (χ1n) is 3.93. The summed E-state index contributed by atoms with van der Waals surface area (Å²) in [5, 5.41) is 0. The van der Waals surface area contributed by atoms with Gasteiger partial charge in [0.05, 0.1) is 12.7 Å². The van der Waals surface area contributed by atoms with Crippen molar-refractivity contribution in [2.45, 2.75) is 6.92 Å². The van der Waals surface area contributed by atoms with Gasteiger partial charge in [-0.15, -0.1) is 0 Å². The van der Waals surface area contributed by atoms with Crippen molar-refractivity contribution in [3.05, 3.63) is 33.3 Å². The predicted octanol–water partition coefficient (Wildman–Crippen LogP) is 2.36. The lowest BCUT2D eigenvalue weighted by Crippen LogP contribution is -2.05. The second kappa shape index (κ2) is 4.37. The zero-order valence-corrected chi connectivity index (χ0v) is 9.42. The van der Waals surface area contributed by atoms with Gasteiger partial charge in [-0.3, -0.25) is 4.79 Å². The van der Waals surface area contributed by atoms with Crippen molar-refractivity contribution in [1.82, 2.24) is 0 Å². The third kappa shape index (κ3) is 2.01. The highest BCUT2D eigenvalue weighted by molar-refractivity contribution is 9.10. The number of ether oxygens (including phenoxy) is 1. The second-order valence-corrected chi connectivity index (χ2v) is 3.66. The minimum atomic E-state index is -0.410. The maximum Gasteiger partial charge on any atom is 0.339 e. The lowest BCUT2D eigenvalue weighted by molar-refractivity contribution is 0.0598. The molecule has 0 aliphatic carbocycles. The number of aryl methyl sites for hydroxylation is 1. The zero-order valence-electron chi connectivity index (χ0n) is 7.83. The van der Waals surface area contributed by atoms with E-state index in [9.17, 15) is 9.59 Å². The van der Waals surface area contributed by atoms with Crippen molar-refractivity contribution in [2.75, 3.05) is 7.11 Å². The van der Waals surface area contributed by atoms with Gasteiger partial charge in [-0.2, -0.15) is 0 Å². The highest BCUT2D eigenvalue weighted by Crippen LogP contribution is 2.22. The summed E-state index contributed by atoms with van der Waals surface area (Å²) in [6.45, 7) is 1.75. The van der Waals surface area contributed by atoms with Crippen LogP contribution in [0, 0.1) is 6.92 Å². The molecule has 1 rings (SSSR count). The molecule has 14 heavy (non-hydrogen) atoms. The predicted molar refractivity (Wildman–Crippen MR) is 55.6 cm³/mol. The van der Waals surface area contributed by atoms with E-state index in [4.69, 9.17) is 0 Å². The molecule has 0 aliphatic rings. The van der Waals surface area contributed by atoms with Crippen LogP contribution in [0.2, 0.25) is 0 Å². The van der Waals surface area contributed by atoms with Crippen LogP contribution in [0.15, 0.2) is 16.6 Å². The zero-order chi connectivity index (χ0) is 10.7. The van der Waals surface area contributed by atoms with Gasteiger partial charge in [0.15, 0.2) is 0 Å². The number of hydrogen-bond acceptors (Lipinski definition) is 3. The fraction of sp³-hybridized carbons (Fsp3) is 0.200. The van der Waals surface area contributed by atoms with Crippen molar-refractivity contribution in [3.63, 3.8) is 0 Å². The molecule has 0 atom stereocenters. The van der Waals surface area contributed by atoms with Crippen molar-refractivity contribution in [2.24, 2.45) is 0 Å². The van der Waals surface area contributed by atoms with E-state index in [2.05, 4.69) is 20.7 Å². The van der Waals surface area contributed by atoms with E-state index in [1.165, 1.54) is 7.11 Å². The van der Waals surface area contributed by atoms with Crippen LogP contribution in [0.5, 0.6) is 0 Å². The molecule has 0 bridgehead atoms. The molecule has 0 N–H and O–H groups in total. The summed E-state index contributed by atoms with van der Waals surface area (Å²) in [7, 11) is 1.32. The van der Waals surface area contributed by atoms with E-state index in [0.29, 0.717) is 21.2 Å². The first-order valence-corrected chi connectivity index (χ1v) is 4.73. The van der Waals surface area contributed by atoms with Crippen LogP contribution in [-0.4, -0.2) is 19.4 Å². The molecule has 0 unspecified atom stereocenters. The molecular formula is C10H9BrO3. The monoisotopic (exact) mass is 256 g/mol. The van der Waals surface area contributed by atoms with Crippen LogP contribution in [0.1, 0.15) is 26.3 Å². The summed E-state index contributed by atoms with van der Waals surface area (Å²) in [5.74, 6) is -0.410. The summed E-state index contributed by atoms with van der Waals surface area (Å²) >= 11 is 3.22. The Labute approximate surface area is 90.2 Å². The first-order chi connectivity index (χ1) is 6.60. The Morgan fingerprint density at radius 3 is 2.57 bits per heavy atom. The van der Waals surface area contributed by atoms with Crippen LogP contribution in [-0.2, 0) is 4.74 Å². The summed E-state index contributed by atoms with van der Waals surface area (Å²) in [6.07, 6.45) is 0.735. The van der Waals surface area contributed by atoms with Gasteiger partial charge in [-0.25, -0.2) is 4.79 Å². The summed E-state index contributed by atoms with van der Waals surface area (Å²) < 4.78 is 5.19. The number of aldehydes is 1. The summed E-state index contributed by atoms with van der Waals surface area (Å²) in [5.41, 5.74) is 1.70. The van der Waals surface area contributed by atoms with Gasteiger partial charge in [0.2, 0.25) is 0 Å². The largest absolute Gasteiger partial charge is 0.465 e. The number of benzene rings is 1. The standard InChI is InChI=1S/C10H9BrO3/c1-6-3-7(5-12)4-8(11)9(6)10(13)14-2/h3-5H,1-2H3. The number of carbonyl (C=O) groups is 2. The van der Waals surface area contributed by atoms with Crippen LogP contribution < -0.4 is 0 Å². The number of esters is 1. The number of hydrogen-bond donors (Lipinski definition) is 0. The smallest absolute Gasteiger partial charge is 0.339 e. The van der Waals surface area contributed by atoms with Crippen molar-refractivity contribution in [1.29, 1.82) is 0 Å². The van der Waals surface area contributed by atoms with Crippen LogP contribution in [0.4, 0.5) is 0 Å². The maximum atomic E-state index is 11.3. The minimum Gasteiger partial charge on any atom is -0.465 e. The Kier molecular flexibility index (Phi) is 3.41. The Morgan fingerprint density at radius 1 is 1.50 bits per heavy atom. The van der Waals surface area contributed by atoms with E-state index in [1.807, 2.05) is 0 Å². The van der Waals surface area contributed by atoms with Crippen LogP contribution in [0.25, 0.3) is 0 Å². The maximum absolute atomic E-state index is 11.3. The highest BCUT2D eigenvalue weighted by Gasteiger charge is 2.14. The van der Waals surface area contributed by atoms with Crippen molar-refractivity contribution < 1.29 is 14.3 Å². The second-order valence-electron chi connectivity index (χ2n) is 2.80. The number of methoxy groups -OCH3 is 1.